The number of rotatable bonds is 2. The van der Waals surface area contributed by atoms with Gasteiger partial charge in [-0.15, -0.1) is 15.3 Å². The Morgan fingerprint density at radius 3 is 3.00 bits per heavy atom. The van der Waals surface area contributed by atoms with Crippen LogP contribution in [0.5, 0.6) is 0 Å². The minimum Gasteiger partial charge on any atom is -0.396 e. The lowest BCUT2D eigenvalue weighted by atomic mass is 10.3. The van der Waals surface area contributed by atoms with Gasteiger partial charge >= 0.3 is 0 Å². The van der Waals surface area contributed by atoms with Gasteiger partial charge in [-0.1, -0.05) is 11.3 Å². The van der Waals surface area contributed by atoms with Crippen molar-refractivity contribution in [2.45, 2.75) is 6.42 Å². The summed E-state index contributed by atoms with van der Waals surface area (Å²) in [6, 6.07) is 0. The van der Waals surface area contributed by atoms with Crippen LogP contribution >= 0.6 is 11.3 Å². The van der Waals surface area contributed by atoms with Crippen molar-refractivity contribution in [3.05, 3.63) is 16.0 Å². The van der Waals surface area contributed by atoms with E-state index in [9.17, 15) is 4.79 Å². The molecule has 2 aromatic heterocycles. The quantitative estimate of drug-likeness (QED) is 0.639. The van der Waals surface area contributed by atoms with Gasteiger partial charge in [0, 0.05) is 13.0 Å². The number of aliphatic hydroxyl groups excluding tert-OH is 1. The van der Waals surface area contributed by atoms with Crippen molar-refractivity contribution in [3.8, 4) is 0 Å². The molecule has 0 bridgehead atoms. The molecule has 0 unspecified atom stereocenters. The number of nitrogen functional groups attached to an aromatic ring is 1. The van der Waals surface area contributed by atoms with Gasteiger partial charge in [0.15, 0.2) is 0 Å². The van der Waals surface area contributed by atoms with Gasteiger partial charge < -0.3 is 10.8 Å². The Morgan fingerprint density at radius 2 is 2.29 bits per heavy atom. The monoisotopic (exact) mass is 213 g/mol. The van der Waals surface area contributed by atoms with E-state index in [4.69, 9.17) is 10.8 Å². The van der Waals surface area contributed by atoms with E-state index in [0.717, 1.165) is 15.9 Å². The SMILES string of the molecule is Nc1nn2c(=O)c(CCO)nnc2s1. The lowest BCUT2D eigenvalue weighted by molar-refractivity contribution is 0.297. The van der Waals surface area contributed by atoms with Crippen LogP contribution in [0.3, 0.4) is 0 Å². The summed E-state index contributed by atoms with van der Waals surface area (Å²) in [5, 5.41) is 20.1. The predicted octanol–water partition coefficient (Wildman–Crippen LogP) is -1.34. The third-order valence-electron chi connectivity index (χ3n) is 1.62. The minimum absolute atomic E-state index is 0.143. The summed E-state index contributed by atoms with van der Waals surface area (Å²) in [6.07, 6.45) is 0.173. The highest BCUT2D eigenvalue weighted by Gasteiger charge is 2.09. The van der Waals surface area contributed by atoms with Gasteiger partial charge in [-0.2, -0.15) is 4.52 Å². The maximum atomic E-state index is 11.6. The Labute approximate surface area is 81.8 Å². The standard InChI is InChI=1S/C6H7N5O2S/c7-5-10-11-4(13)3(1-2-12)8-9-6(11)14-5/h12H,1-2H2,(H2,7,10). The van der Waals surface area contributed by atoms with E-state index in [-0.39, 0.29) is 29.4 Å². The van der Waals surface area contributed by atoms with Crippen molar-refractivity contribution in [1.82, 2.24) is 19.8 Å². The summed E-state index contributed by atoms with van der Waals surface area (Å²) in [6.45, 7) is -0.143. The molecule has 8 heteroatoms. The highest BCUT2D eigenvalue weighted by molar-refractivity contribution is 7.20. The fourth-order valence-electron chi connectivity index (χ4n) is 1.02. The first-order chi connectivity index (χ1) is 6.72. The van der Waals surface area contributed by atoms with Crippen molar-refractivity contribution in [1.29, 1.82) is 0 Å². The summed E-state index contributed by atoms with van der Waals surface area (Å²) in [4.78, 5) is 11.9. The second-order valence-corrected chi connectivity index (χ2v) is 3.55. The van der Waals surface area contributed by atoms with Crippen LogP contribution in [0.2, 0.25) is 0 Å². The fourth-order valence-corrected chi connectivity index (χ4v) is 1.63. The smallest absolute Gasteiger partial charge is 0.297 e. The topological polar surface area (TPSA) is 106 Å². The molecule has 14 heavy (non-hydrogen) atoms. The van der Waals surface area contributed by atoms with Gasteiger partial charge in [0.2, 0.25) is 10.1 Å². The van der Waals surface area contributed by atoms with Gasteiger partial charge in [0.05, 0.1) is 0 Å². The van der Waals surface area contributed by atoms with Crippen molar-refractivity contribution in [2.75, 3.05) is 12.3 Å². The maximum Gasteiger partial charge on any atom is 0.297 e. The molecule has 0 aromatic carbocycles. The first-order valence-electron chi connectivity index (χ1n) is 3.84. The molecule has 7 nitrogen and oxygen atoms in total. The molecule has 3 N–H and O–H groups in total. The Kier molecular flexibility index (Phi) is 2.14. The van der Waals surface area contributed by atoms with Crippen LogP contribution in [-0.4, -0.2) is 31.5 Å². The van der Waals surface area contributed by atoms with Gasteiger partial charge in [0.1, 0.15) is 5.69 Å². The Balaban J connectivity index is 2.68. The van der Waals surface area contributed by atoms with Crippen molar-refractivity contribution < 1.29 is 5.11 Å². The summed E-state index contributed by atoms with van der Waals surface area (Å²) in [5.41, 5.74) is 5.23. The second kappa shape index (κ2) is 3.31. The van der Waals surface area contributed by atoms with E-state index < -0.39 is 0 Å². The third-order valence-corrected chi connectivity index (χ3v) is 2.35. The van der Waals surface area contributed by atoms with Crippen molar-refractivity contribution in [2.24, 2.45) is 0 Å². The highest BCUT2D eigenvalue weighted by Crippen LogP contribution is 2.10. The van der Waals surface area contributed by atoms with Gasteiger partial charge in [-0.05, 0) is 0 Å². The highest BCUT2D eigenvalue weighted by atomic mass is 32.1. The van der Waals surface area contributed by atoms with E-state index in [0.29, 0.717) is 4.96 Å². The molecule has 0 radical (unpaired) electrons. The van der Waals surface area contributed by atoms with Gasteiger partial charge in [-0.25, -0.2) is 0 Å². The first kappa shape index (κ1) is 9.03. The molecule has 0 spiro atoms. The first-order valence-corrected chi connectivity index (χ1v) is 4.66. The molecule has 2 rings (SSSR count). The van der Waals surface area contributed by atoms with Crippen LogP contribution in [0.15, 0.2) is 4.79 Å². The summed E-state index contributed by atoms with van der Waals surface area (Å²) < 4.78 is 1.10. The molecule has 0 saturated heterocycles. The molecule has 0 aliphatic rings. The molecule has 0 aliphatic heterocycles. The van der Waals surface area contributed by atoms with E-state index in [1.165, 1.54) is 0 Å². The fraction of sp³-hybridized carbons (Fsp3) is 0.333. The summed E-state index contributed by atoms with van der Waals surface area (Å²) in [7, 11) is 0. The number of hydrogen-bond acceptors (Lipinski definition) is 7. The number of aromatic nitrogens is 4. The minimum atomic E-state index is -0.378. The molecule has 2 heterocycles. The Hall–Kier alpha value is -1.54. The van der Waals surface area contributed by atoms with Gasteiger partial charge in [-0.3, -0.25) is 4.79 Å². The molecular weight excluding hydrogens is 206 g/mol. The molecule has 0 saturated carbocycles. The maximum absolute atomic E-state index is 11.6. The average Bonchev–Trinajstić information content (AvgIpc) is 2.52. The molecule has 0 atom stereocenters. The number of fused-ring (bicyclic) bond motifs is 1. The zero-order valence-electron chi connectivity index (χ0n) is 7.04. The number of nitrogens with two attached hydrogens (primary N) is 1. The van der Waals surface area contributed by atoms with Crippen LogP contribution < -0.4 is 11.3 Å². The average molecular weight is 213 g/mol. The zero-order chi connectivity index (χ0) is 10.1. The van der Waals surface area contributed by atoms with Crippen LogP contribution in [0.4, 0.5) is 5.13 Å². The van der Waals surface area contributed by atoms with Crippen LogP contribution in [0.25, 0.3) is 4.96 Å². The summed E-state index contributed by atoms with van der Waals surface area (Å²) in [5.74, 6) is 0. The van der Waals surface area contributed by atoms with Crippen molar-refractivity contribution in [3.63, 3.8) is 0 Å². The van der Waals surface area contributed by atoms with E-state index in [2.05, 4.69) is 15.3 Å². The normalized spacial score (nSPS) is 10.9. The number of anilines is 1. The predicted molar refractivity (Wildman–Crippen MR) is 50.1 cm³/mol. The van der Waals surface area contributed by atoms with Crippen LogP contribution in [-0.2, 0) is 6.42 Å². The van der Waals surface area contributed by atoms with Crippen LogP contribution in [0.1, 0.15) is 5.69 Å². The lowest BCUT2D eigenvalue weighted by Crippen LogP contribution is -2.22. The molecule has 0 fully saturated rings. The Morgan fingerprint density at radius 1 is 1.50 bits per heavy atom. The van der Waals surface area contributed by atoms with E-state index >= 15 is 0 Å². The number of nitrogens with zero attached hydrogens (tertiary/aromatic N) is 4. The van der Waals surface area contributed by atoms with Crippen molar-refractivity contribution >= 4 is 21.4 Å². The molecule has 74 valence electrons. The summed E-state index contributed by atoms with van der Waals surface area (Å²) >= 11 is 1.09. The zero-order valence-corrected chi connectivity index (χ0v) is 7.86. The molecule has 2 aromatic rings. The lowest BCUT2D eigenvalue weighted by Gasteiger charge is -1.94. The molecule has 0 aliphatic carbocycles. The van der Waals surface area contributed by atoms with E-state index in [1.807, 2.05) is 0 Å². The van der Waals surface area contributed by atoms with Crippen LogP contribution in [0, 0.1) is 0 Å². The molecule has 0 amide bonds. The number of aliphatic hydroxyl groups is 1. The third kappa shape index (κ3) is 1.34. The number of hydrogen-bond donors (Lipinski definition) is 2. The van der Waals surface area contributed by atoms with Gasteiger partial charge in [0.25, 0.3) is 5.56 Å². The van der Waals surface area contributed by atoms with E-state index in [1.54, 1.807) is 0 Å². The second-order valence-electron chi connectivity index (χ2n) is 2.56. The largest absolute Gasteiger partial charge is 0.396 e. The molecular formula is C6H7N5O2S. The Bertz CT molecular complexity index is 518.